The second-order valence-corrected chi connectivity index (χ2v) is 9.58. The average Bonchev–Trinajstić information content (AvgIpc) is 3.76. The smallest absolute Gasteiger partial charge is 0.335 e. The highest BCUT2D eigenvalue weighted by Crippen LogP contribution is 2.29. The van der Waals surface area contributed by atoms with E-state index in [0.29, 0.717) is 26.2 Å². The van der Waals surface area contributed by atoms with Crippen LogP contribution in [0.15, 0.2) is 124 Å². The molecule has 0 aliphatic heterocycles. The second kappa shape index (κ2) is 14.2. The third kappa shape index (κ3) is 7.28. The van der Waals surface area contributed by atoms with Gasteiger partial charge in [-0.2, -0.15) is 0 Å². The fourth-order valence-electron chi connectivity index (χ4n) is 4.72. The summed E-state index contributed by atoms with van der Waals surface area (Å²) in [4.78, 5) is 12.2. The summed E-state index contributed by atoms with van der Waals surface area (Å²) in [5.74, 6) is 2.06. The first-order valence-corrected chi connectivity index (χ1v) is 14.1. The number of benzene rings is 3. The SMILES string of the molecule is CCOC(=O)[C@H](Cc1ccc(OCC=C(c2ccc(-c3ccco3)cc2)c2ccc(-c3ccco3)cc2)cc1)OCC. The largest absolute Gasteiger partial charge is 0.490 e. The number of hydrogen-bond donors (Lipinski definition) is 0. The summed E-state index contributed by atoms with van der Waals surface area (Å²) in [7, 11) is 0. The lowest BCUT2D eigenvalue weighted by Crippen LogP contribution is -2.28. The van der Waals surface area contributed by atoms with Gasteiger partial charge in [0.15, 0.2) is 6.10 Å². The van der Waals surface area contributed by atoms with Gasteiger partial charge in [-0.1, -0.05) is 60.7 Å². The van der Waals surface area contributed by atoms with E-state index >= 15 is 0 Å². The molecule has 0 fully saturated rings. The molecule has 1 atom stereocenters. The Morgan fingerprint density at radius 1 is 0.738 bits per heavy atom. The van der Waals surface area contributed by atoms with Crippen LogP contribution < -0.4 is 4.74 Å². The molecule has 0 spiro atoms. The van der Waals surface area contributed by atoms with Crippen molar-refractivity contribution in [2.24, 2.45) is 0 Å². The summed E-state index contributed by atoms with van der Waals surface area (Å²) in [5.41, 5.74) is 6.19. The number of carbonyl (C=O) groups excluding carboxylic acids is 1. The molecule has 0 aliphatic carbocycles. The number of esters is 1. The predicted octanol–water partition coefficient (Wildman–Crippen LogP) is 8.23. The monoisotopic (exact) mass is 562 g/mol. The quantitative estimate of drug-likeness (QED) is 0.135. The van der Waals surface area contributed by atoms with E-state index in [2.05, 4.69) is 54.6 Å². The van der Waals surface area contributed by atoms with Crippen LogP contribution in [0.2, 0.25) is 0 Å². The van der Waals surface area contributed by atoms with Crippen LogP contribution in [-0.4, -0.2) is 31.9 Å². The van der Waals surface area contributed by atoms with Crippen molar-refractivity contribution >= 4 is 11.5 Å². The molecule has 2 aromatic heterocycles. The molecule has 0 N–H and O–H groups in total. The molecule has 0 bridgehead atoms. The Bertz CT molecular complexity index is 1470. The first kappa shape index (κ1) is 28.7. The summed E-state index contributed by atoms with van der Waals surface area (Å²) >= 11 is 0. The topological polar surface area (TPSA) is 71.0 Å². The highest BCUT2D eigenvalue weighted by molar-refractivity contribution is 5.81. The van der Waals surface area contributed by atoms with Gasteiger partial charge in [0.1, 0.15) is 23.9 Å². The first-order chi connectivity index (χ1) is 20.6. The van der Waals surface area contributed by atoms with Crippen molar-refractivity contribution in [2.45, 2.75) is 26.4 Å². The van der Waals surface area contributed by atoms with Gasteiger partial charge < -0.3 is 23.0 Å². The molecule has 0 saturated heterocycles. The van der Waals surface area contributed by atoms with E-state index < -0.39 is 6.10 Å². The van der Waals surface area contributed by atoms with Crippen LogP contribution in [0.3, 0.4) is 0 Å². The van der Waals surface area contributed by atoms with Gasteiger partial charge in [0.05, 0.1) is 19.1 Å². The van der Waals surface area contributed by atoms with Crippen LogP contribution in [0.5, 0.6) is 5.75 Å². The van der Waals surface area contributed by atoms with Gasteiger partial charge in [0.25, 0.3) is 0 Å². The van der Waals surface area contributed by atoms with Crippen molar-refractivity contribution in [3.05, 3.63) is 132 Å². The molecule has 3 aromatic carbocycles. The van der Waals surface area contributed by atoms with Crippen LogP contribution in [0.4, 0.5) is 0 Å². The van der Waals surface area contributed by atoms with E-state index in [9.17, 15) is 4.79 Å². The van der Waals surface area contributed by atoms with E-state index in [1.165, 1.54) is 0 Å². The predicted molar refractivity (Wildman–Crippen MR) is 163 cm³/mol. The maximum atomic E-state index is 12.2. The maximum absolute atomic E-state index is 12.2. The Morgan fingerprint density at radius 3 is 1.79 bits per heavy atom. The normalized spacial score (nSPS) is 11.6. The molecule has 214 valence electrons. The Labute approximate surface area is 246 Å². The van der Waals surface area contributed by atoms with Crippen LogP contribution in [0, 0.1) is 0 Å². The van der Waals surface area contributed by atoms with Gasteiger partial charge in [0, 0.05) is 24.2 Å². The molecule has 0 saturated carbocycles. The van der Waals surface area contributed by atoms with E-state index in [4.69, 9.17) is 23.0 Å². The lowest BCUT2D eigenvalue weighted by atomic mass is 9.95. The third-order valence-corrected chi connectivity index (χ3v) is 6.80. The number of furan rings is 2. The van der Waals surface area contributed by atoms with Crippen LogP contribution in [0.1, 0.15) is 30.5 Å². The molecule has 0 radical (unpaired) electrons. The van der Waals surface area contributed by atoms with Crippen LogP contribution in [0.25, 0.3) is 28.2 Å². The van der Waals surface area contributed by atoms with E-state index in [1.807, 2.05) is 55.5 Å². The number of carbonyl (C=O) groups is 1. The maximum Gasteiger partial charge on any atom is 0.335 e. The van der Waals surface area contributed by atoms with Gasteiger partial charge in [-0.3, -0.25) is 0 Å². The molecule has 0 amide bonds. The summed E-state index contributed by atoms with van der Waals surface area (Å²) in [6, 6.07) is 32.0. The highest BCUT2D eigenvalue weighted by Gasteiger charge is 2.20. The molecule has 0 aliphatic rings. The summed E-state index contributed by atoms with van der Waals surface area (Å²) in [6.45, 7) is 4.80. The summed E-state index contributed by atoms with van der Waals surface area (Å²) < 4.78 is 28.0. The molecule has 6 heteroatoms. The zero-order valence-corrected chi connectivity index (χ0v) is 23.8. The van der Waals surface area contributed by atoms with Crippen molar-refractivity contribution in [1.82, 2.24) is 0 Å². The number of hydrogen-bond acceptors (Lipinski definition) is 6. The highest BCUT2D eigenvalue weighted by atomic mass is 16.6. The zero-order chi connectivity index (χ0) is 29.1. The molecule has 6 nitrogen and oxygen atoms in total. The minimum Gasteiger partial charge on any atom is -0.490 e. The molecule has 0 unspecified atom stereocenters. The van der Waals surface area contributed by atoms with E-state index in [-0.39, 0.29) is 5.97 Å². The van der Waals surface area contributed by atoms with E-state index in [1.54, 1.807) is 19.5 Å². The lowest BCUT2D eigenvalue weighted by Gasteiger charge is -2.16. The molecule has 42 heavy (non-hydrogen) atoms. The van der Waals surface area contributed by atoms with Crippen molar-refractivity contribution in [3.8, 4) is 28.4 Å². The molecule has 2 heterocycles. The Balaban J connectivity index is 1.32. The molecule has 5 rings (SSSR count). The fourth-order valence-corrected chi connectivity index (χ4v) is 4.72. The zero-order valence-electron chi connectivity index (χ0n) is 23.8. The number of rotatable bonds is 13. The Hall–Kier alpha value is -4.81. The minimum absolute atomic E-state index is 0.326. The summed E-state index contributed by atoms with van der Waals surface area (Å²) in [6.07, 6.45) is 5.27. The first-order valence-electron chi connectivity index (χ1n) is 14.1. The molecular formula is C36H34O6. The molecule has 5 aromatic rings. The second-order valence-electron chi connectivity index (χ2n) is 9.58. The van der Waals surface area contributed by atoms with Gasteiger partial charge in [0.2, 0.25) is 0 Å². The van der Waals surface area contributed by atoms with Gasteiger partial charge >= 0.3 is 5.97 Å². The van der Waals surface area contributed by atoms with Gasteiger partial charge in [-0.05, 0) is 78.6 Å². The lowest BCUT2D eigenvalue weighted by molar-refractivity contribution is -0.156. The van der Waals surface area contributed by atoms with E-state index in [0.717, 1.165) is 50.7 Å². The van der Waals surface area contributed by atoms with Gasteiger partial charge in [-0.15, -0.1) is 0 Å². The fraction of sp³-hybridized carbons (Fsp3) is 0.194. The van der Waals surface area contributed by atoms with Crippen molar-refractivity contribution < 1.29 is 27.8 Å². The van der Waals surface area contributed by atoms with Crippen molar-refractivity contribution in [1.29, 1.82) is 0 Å². The minimum atomic E-state index is -0.620. The van der Waals surface area contributed by atoms with Crippen molar-refractivity contribution in [3.63, 3.8) is 0 Å². The van der Waals surface area contributed by atoms with Crippen LogP contribution in [-0.2, 0) is 20.7 Å². The number of ether oxygens (including phenoxy) is 3. The van der Waals surface area contributed by atoms with Gasteiger partial charge in [-0.25, -0.2) is 4.79 Å². The summed E-state index contributed by atoms with van der Waals surface area (Å²) in [5, 5.41) is 0. The standard InChI is InChI=1S/C36H34O6/c1-3-38-35(36(37)39-4-2)25-26-9-19-31(20-10-26)40-24-21-32(27-11-15-29(16-12-27)33-7-5-22-41-33)28-13-17-30(18-14-28)34-8-6-23-42-34/h5-23,35H,3-4,24-25H2,1-2H3/t35-/m0/s1. The Morgan fingerprint density at radius 2 is 1.31 bits per heavy atom. The average molecular weight is 563 g/mol. The molecular weight excluding hydrogens is 528 g/mol. The third-order valence-electron chi connectivity index (χ3n) is 6.80. The Kier molecular flexibility index (Phi) is 9.70. The van der Waals surface area contributed by atoms with Crippen molar-refractivity contribution in [2.75, 3.05) is 19.8 Å². The van der Waals surface area contributed by atoms with Crippen LogP contribution >= 0.6 is 0 Å².